The normalized spacial score (nSPS) is 19.4. The van der Waals surface area contributed by atoms with Gasteiger partial charge in [-0.3, -0.25) is 5.32 Å². The average molecular weight is 278 g/mol. The molecule has 0 heterocycles. The molecule has 0 aromatic heterocycles. The molecule has 5 heteroatoms. The summed E-state index contributed by atoms with van der Waals surface area (Å²) >= 11 is 0. The summed E-state index contributed by atoms with van der Waals surface area (Å²) in [5.41, 5.74) is 0. The van der Waals surface area contributed by atoms with Crippen molar-refractivity contribution in [3.8, 4) is 0 Å². The van der Waals surface area contributed by atoms with E-state index >= 15 is 0 Å². The van der Waals surface area contributed by atoms with E-state index in [-0.39, 0.29) is 10.7 Å². The van der Waals surface area contributed by atoms with E-state index in [1.807, 2.05) is 14.2 Å². The minimum absolute atomic E-state index is 0.150. The molecule has 0 aliphatic carbocycles. The summed E-state index contributed by atoms with van der Waals surface area (Å²) in [6.07, 6.45) is 2.00. The maximum Gasteiger partial charge on any atom is 0.102 e. The van der Waals surface area contributed by atoms with Crippen molar-refractivity contribution in [1.29, 1.82) is 0 Å². The summed E-state index contributed by atoms with van der Waals surface area (Å²) < 4.78 is 11.7. The van der Waals surface area contributed by atoms with Crippen LogP contribution in [0.2, 0.25) is 26.2 Å². The first-order valence-electron chi connectivity index (χ1n) is 6.73. The van der Waals surface area contributed by atoms with Gasteiger partial charge in [0.05, 0.1) is 17.6 Å². The molecular formula is C12H31NO2Si2. The molecule has 1 N–H and O–H groups in total. The van der Waals surface area contributed by atoms with Crippen molar-refractivity contribution in [3.63, 3.8) is 0 Å². The van der Waals surface area contributed by atoms with Gasteiger partial charge in [0.15, 0.2) is 0 Å². The number of methoxy groups -OCH3 is 2. The van der Waals surface area contributed by atoms with Crippen LogP contribution in [0.1, 0.15) is 26.7 Å². The topological polar surface area (TPSA) is 30.5 Å². The molecule has 0 amide bonds. The van der Waals surface area contributed by atoms with Gasteiger partial charge >= 0.3 is 0 Å². The van der Waals surface area contributed by atoms with Crippen molar-refractivity contribution < 1.29 is 9.47 Å². The predicted molar refractivity (Wildman–Crippen MR) is 81.0 cm³/mol. The monoisotopic (exact) mass is 277 g/mol. The molecule has 0 aliphatic heterocycles. The van der Waals surface area contributed by atoms with E-state index in [9.17, 15) is 0 Å². The van der Waals surface area contributed by atoms with Crippen LogP contribution in [0.4, 0.5) is 0 Å². The summed E-state index contributed by atoms with van der Waals surface area (Å²) in [5, 5.41) is 3.46. The summed E-state index contributed by atoms with van der Waals surface area (Å²) in [4.78, 5) is 0. The lowest BCUT2D eigenvalue weighted by molar-refractivity contribution is -0.0669. The van der Waals surface area contributed by atoms with Gasteiger partial charge in [0.2, 0.25) is 0 Å². The minimum atomic E-state index is -0.981. The largest absolute Gasteiger partial charge is 0.368 e. The van der Waals surface area contributed by atoms with Crippen molar-refractivity contribution in [1.82, 2.24) is 5.32 Å². The number of ether oxygens (including phenoxy) is 2. The Kier molecular flexibility index (Phi) is 7.17. The summed E-state index contributed by atoms with van der Waals surface area (Å²) in [7, 11) is 1.68. The van der Waals surface area contributed by atoms with Crippen LogP contribution in [0.5, 0.6) is 0 Å². The molecule has 2 unspecified atom stereocenters. The van der Waals surface area contributed by atoms with Crippen LogP contribution in [0.15, 0.2) is 0 Å². The molecule has 0 aromatic rings. The summed E-state index contributed by atoms with van der Waals surface area (Å²) in [6.45, 7) is 13.7. The van der Waals surface area contributed by atoms with Crippen LogP contribution in [-0.4, -0.2) is 42.5 Å². The molecule has 0 rings (SSSR count). The van der Waals surface area contributed by atoms with Gasteiger partial charge in [0, 0.05) is 14.2 Å². The molecule has 0 radical (unpaired) electrons. The van der Waals surface area contributed by atoms with Crippen LogP contribution in [0, 0.1) is 0 Å². The van der Waals surface area contributed by atoms with E-state index in [1.165, 1.54) is 0 Å². The van der Waals surface area contributed by atoms with E-state index in [2.05, 4.69) is 45.4 Å². The Balaban J connectivity index is 5.18. The van der Waals surface area contributed by atoms with Crippen molar-refractivity contribution in [2.24, 2.45) is 0 Å². The maximum atomic E-state index is 5.85. The highest BCUT2D eigenvalue weighted by molar-refractivity contribution is 6.61. The Morgan fingerprint density at radius 3 is 1.24 bits per heavy atom. The first-order chi connectivity index (χ1) is 7.84. The second kappa shape index (κ2) is 7.04. The first kappa shape index (κ1) is 17.3. The zero-order valence-corrected chi connectivity index (χ0v) is 15.2. The third-order valence-electron chi connectivity index (χ3n) is 4.07. The number of hydrogen-bond acceptors (Lipinski definition) is 3. The molecule has 3 nitrogen and oxygen atoms in total. The summed E-state index contributed by atoms with van der Waals surface area (Å²) in [5.74, 6) is 0. The fraction of sp³-hybridized carbons (Fsp3) is 1.00. The standard InChI is InChI=1S/C12H31NO2Si2/c1-9-11(14-3,16(5)6)13-12(10-2,15-4)17(7)8/h13,16-17H,9-10H2,1-8H3. The molecule has 0 fully saturated rings. The van der Waals surface area contributed by atoms with Crippen LogP contribution < -0.4 is 5.32 Å². The average Bonchev–Trinajstić information content (AvgIpc) is 2.31. The van der Waals surface area contributed by atoms with E-state index in [0.717, 1.165) is 12.8 Å². The molecule has 0 aromatic carbocycles. The molecule has 0 spiro atoms. The Hall–Kier alpha value is 0.314. The van der Waals surface area contributed by atoms with Gasteiger partial charge in [0.25, 0.3) is 0 Å². The van der Waals surface area contributed by atoms with Crippen LogP contribution >= 0.6 is 0 Å². The van der Waals surface area contributed by atoms with Crippen LogP contribution in [0.25, 0.3) is 0 Å². The second-order valence-corrected chi connectivity index (χ2v) is 11.8. The fourth-order valence-corrected chi connectivity index (χ4v) is 6.31. The summed E-state index contributed by atoms with van der Waals surface area (Å²) in [6, 6.07) is 0. The van der Waals surface area contributed by atoms with Gasteiger partial charge in [-0.2, -0.15) is 0 Å². The minimum Gasteiger partial charge on any atom is -0.368 e. The zero-order valence-electron chi connectivity index (χ0n) is 12.9. The number of hydrogen-bond donors (Lipinski definition) is 1. The Morgan fingerprint density at radius 2 is 1.12 bits per heavy atom. The van der Waals surface area contributed by atoms with E-state index in [1.54, 1.807) is 0 Å². The van der Waals surface area contributed by atoms with Crippen molar-refractivity contribution >= 4 is 17.6 Å². The zero-order chi connectivity index (χ0) is 13.7. The second-order valence-electron chi connectivity index (χ2n) is 5.33. The molecule has 0 saturated heterocycles. The van der Waals surface area contributed by atoms with Gasteiger partial charge in [-0.1, -0.05) is 40.0 Å². The molecule has 104 valence electrons. The quantitative estimate of drug-likeness (QED) is 0.545. The maximum absolute atomic E-state index is 5.85. The van der Waals surface area contributed by atoms with Gasteiger partial charge in [-0.25, -0.2) is 0 Å². The first-order valence-corrected chi connectivity index (χ1v) is 12.5. The van der Waals surface area contributed by atoms with Gasteiger partial charge in [-0.05, 0) is 12.8 Å². The Bertz CT molecular complexity index is 193. The fourth-order valence-electron chi connectivity index (χ4n) is 2.50. The molecule has 17 heavy (non-hydrogen) atoms. The van der Waals surface area contributed by atoms with Gasteiger partial charge in [0.1, 0.15) is 10.7 Å². The highest BCUT2D eigenvalue weighted by Crippen LogP contribution is 2.25. The van der Waals surface area contributed by atoms with E-state index in [4.69, 9.17) is 9.47 Å². The molecule has 2 atom stereocenters. The lowest BCUT2D eigenvalue weighted by Crippen LogP contribution is -2.69. The van der Waals surface area contributed by atoms with Gasteiger partial charge in [-0.15, -0.1) is 0 Å². The number of rotatable bonds is 8. The highest BCUT2D eigenvalue weighted by atomic mass is 28.3. The Morgan fingerprint density at radius 1 is 0.824 bits per heavy atom. The third-order valence-corrected chi connectivity index (χ3v) is 9.37. The van der Waals surface area contributed by atoms with Crippen molar-refractivity contribution in [2.75, 3.05) is 14.2 Å². The SMILES string of the molecule is CCC(NC(CC)(OC)[SiH](C)C)(OC)[SiH](C)C. The molecular weight excluding hydrogens is 246 g/mol. The molecule has 0 saturated carbocycles. The highest BCUT2D eigenvalue weighted by Gasteiger charge is 2.43. The van der Waals surface area contributed by atoms with Crippen molar-refractivity contribution in [3.05, 3.63) is 0 Å². The van der Waals surface area contributed by atoms with Crippen LogP contribution in [-0.2, 0) is 9.47 Å². The smallest absolute Gasteiger partial charge is 0.102 e. The number of nitrogens with one attached hydrogen (secondary N) is 1. The van der Waals surface area contributed by atoms with Crippen LogP contribution in [0.3, 0.4) is 0 Å². The van der Waals surface area contributed by atoms with E-state index in [0.29, 0.717) is 0 Å². The lowest BCUT2D eigenvalue weighted by Gasteiger charge is -2.47. The lowest BCUT2D eigenvalue weighted by atomic mass is 10.3. The van der Waals surface area contributed by atoms with E-state index < -0.39 is 17.6 Å². The van der Waals surface area contributed by atoms with Gasteiger partial charge < -0.3 is 9.47 Å². The molecule has 0 aliphatic rings. The van der Waals surface area contributed by atoms with Crippen molar-refractivity contribution in [2.45, 2.75) is 63.6 Å². The predicted octanol–water partition coefficient (Wildman–Crippen LogP) is 2.13. The molecule has 0 bridgehead atoms. The third kappa shape index (κ3) is 3.64. The Labute approximate surface area is 110 Å².